The summed E-state index contributed by atoms with van der Waals surface area (Å²) in [7, 11) is 1.72. The summed E-state index contributed by atoms with van der Waals surface area (Å²) in [6.45, 7) is 13.4. The lowest BCUT2D eigenvalue weighted by Gasteiger charge is -2.24. The summed E-state index contributed by atoms with van der Waals surface area (Å²) in [6, 6.07) is 5.42. The third-order valence-electron chi connectivity index (χ3n) is 7.91. The molecule has 43 heavy (non-hydrogen) atoms. The van der Waals surface area contributed by atoms with E-state index in [4.69, 9.17) is 14.0 Å². The predicted octanol–water partition coefficient (Wildman–Crippen LogP) is 8.13. The molecule has 3 aromatic rings. The first-order valence-corrected chi connectivity index (χ1v) is 15.3. The van der Waals surface area contributed by atoms with Crippen LogP contribution in [0.3, 0.4) is 0 Å². The van der Waals surface area contributed by atoms with Gasteiger partial charge in [0, 0.05) is 17.7 Å². The van der Waals surface area contributed by atoms with Crippen LogP contribution >= 0.6 is 0 Å². The first-order valence-electron chi connectivity index (χ1n) is 15.3. The molecule has 0 amide bonds. The van der Waals surface area contributed by atoms with Crippen LogP contribution < -0.4 is 14.8 Å². The van der Waals surface area contributed by atoms with Gasteiger partial charge in [0.15, 0.2) is 17.3 Å². The van der Waals surface area contributed by atoms with Crippen molar-refractivity contribution < 1.29 is 27.2 Å². The molecule has 0 fully saturated rings. The van der Waals surface area contributed by atoms with E-state index in [-0.39, 0.29) is 47.7 Å². The van der Waals surface area contributed by atoms with Crippen molar-refractivity contribution in [2.24, 2.45) is 5.92 Å². The Morgan fingerprint density at radius 2 is 1.65 bits per heavy atom. The van der Waals surface area contributed by atoms with Gasteiger partial charge in [0.1, 0.15) is 30.0 Å². The van der Waals surface area contributed by atoms with E-state index in [0.29, 0.717) is 23.6 Å². The number of nitrogens with one attached hydrogen (secondary N) is 1. The lowest BCUT2D eigenvalue weighted by atomic mass is 9.79. The van der Waals surface area contributed by atoms with Gasteiger partial charge in [0.05, 0.1) is 11.5 Å². The first-order chi connectivity index (χ1) is 20.4. The van der Waals surface area contributed by atoms with E-state index in [9.17, 15) is 13.2 Å². The van der Waals surface area contributed by atoms with Crippen LogP contribution in [0.4, 0.5) is 13.2 Å². The molecule has 238 valence electrons. The van der Waals surface area contributed by atoms with E-state index >= 15 is 0 Å². The van der Waals surface area contributed by atoms with E-state index in [1.54, 1.807) is 33.9 Å². The monoisotopic (exact) mass is 604 g/mol. The van der Waals surface area contributed by atoms with Gasteiger partial charge >= 0.3 is 0 Å². The molecule has 0 bridgehead atoms. The molecule has 1 N–H and O–H groups in total. The third-order valence-corrected chi connectivity index (χ3v) is 7.91. The van der Waals surface area contributed by atoms with Crippen molar-refractivity contribution in [1.29, 1.82) is 0 Å². The molecule has 0 radical (unpaired) electrons. The molecule has 0 saturated heterocycles. The number of alkyl halides is 1. The van der Waals surface area contributed by atoms with Crippen molar-refractivity contribution in [2.45, 2.75) is 111 Å². The topological polar surface area (TPSA) is 82.3 Å². The fraction of sp³-hybridized carbons (Fsp3) is 0.606. The van der Waals surface area contributed by atoms with E-state index in [1.807, 2.05) is 13.8 Å². The van der Waals surface area contributed by atoms with E-state index in [1.165, 1.54) is 18.2 Å². The molecule has 10 heteroatoms. The summed E-state index contributed by atoms with van der Waals surface area (Å²) in [5.41, 5.74) is -0.437. The number of aromatic nitrogens is 3. The lowest BCUT2D eigenvalue weighted by Crippen LogP contribution is -2.28. The summed E-state index contributed by atoms with van der Waals surface area (Å²) in [5.74, 6) is -0.363. The SMILES string of the molecule is CCCC[C@H](CCC)Oc1cc(O[C@@H](C)[C@@H](C)C[C@@H](F)CNC)nc(-c2noc(C(C)(C)c3c(F)cccc3F)c2C)n1. The quantitative estimate of drug-likeness (QED) is 0.167. The Labute approximate surface area is 254 Å². The smallest absolute Gasteiger partial charge is 0.221 e. The second-order valence-corrected chi connectivity index (χ2v) is 11.9. The highest BCUT2D eigenvalue weighted by Gasteiger charge is 2.36. The van der Waals surface area contributed by atoms with Crippen LogP contribution in [-0.4, -0.2) is 47.1 Å². The van der Waals surface area contributed by atoms with Crippen LogP contribution in [0, 0.1) is 24.5 Å². The maximum atomic E-state index is 14.8. The summed E-state index contributed by atoms with van der Waals surface area (Å²) < 4.78 is 62.2. The van der Waals surface area contributed by atoms with Gasteiger partial charge in [-0.15, -0.1) is 0 Å². The van der Waals surface area contributed by atoms with E-state index in [2.05, 4.69) is 34.3 Å². The lowest BCUT2D eigenvalue weighted by molar-refractivity contribution is 0.124. The Balaban J connectivity index is 2.02. The number of unbranched alkanes of at least 4 members (excludes halogenated alkanes) is 1. The van der Waals surface area contributed by atoms with Gasteiger partial charge in [-0.2, -0.15) is 9.97 Å². The molecule has 1 aromatic carbocycles. The number of benzene rings is 1. The molecule has 4 atom stereocenters. The molecular formula is C33H47F3N4O3. The molecule has 0 saturated carbocycles. The number of hydrogen-bond donors (Lipinski definition) is 1. The molecule has 0 aliphatic heterocycles. The number of rotatable bonds is 17. The molecule has 0 aliphatic rings. The largest absolute Gasteiger partial charge is 0.474 e. The van der Waals surface area contributed by atoms with Crippen LogP contribution in [0.25, 0.3) is 11.5 Å². The zero-order chi connectivity index (χ0) is 31.7. The molecule has 0 aliphatic carbocycles. The highest BCUT2D eigenvalue weighted by atomic mass is 19.1. The van der Waals surface area contributed by atoms with Gasteiger partial charge in [-0.05, 0) is 72.1 Å². The molecule has 0 unspecified atom stereocenters. The molecular weight excluding hydrogens is 557 g/mol. The number of nitrogens with zero attached hydrogens (tertiary/aromatic N) is 3. The van der Waals surface area contributed by atoms with Gasteiger partial charge in [0.25, 0.3) is 0 Å². The van der Waals surface area contributed by atoms with Gasteiger partial charge in [-0.25, -0.2) is 13.2 Å². The fourth-order valence-corrected chi connectivity index (χ4v) is 5.36. The second-order valence-electron chi connectivity index (χ2n) is 11.9. The Morgan fingerprint density at radius 3 is 2.26 bits per heavy atom. The Hall–Kier alpha value is -3.14. The predicted molar refractivity (Wildman–Crippen MR) is 162 cm³/mol. The summed E-state index contributed by atoms with van der Waals surface area (Å²) in [4.78, 5) is 9.30. The molecule has 3 rings (SSSR count). The summed E-state index contributed by atoms with van der Waals surface area (Å²) in [6.07, 6.45) is 3.69. The highest BCUT2D eigenvalue weighted by Crippen LogP contribution is 2.39. The second kappa shape index (κ2) is 15.5. The minimum atomic E-state index is -1.18. The zero-order valence-corrected chi connectivity index (χ0v) is 26.8. The minimum absolute atomic E-state index is 0.0392. The maximum absolute atomic E-state index is 14.8. The summed E-state index contributed by atoms with van der Waals surface area (Å²) in [5, 5.41) is 7.11. The summed E-state index contributed by atoms with van der Waals surface area (Å²) >= 11 is 0. The van der Waals surface area contributed by atoms with Crippen molar-refractivity contribution >= 4 is 0 Å². The van der Waals surface area contributed by atoms with Gasteiger partial charge in [-0.3, -0.25) is 0 Å². The average Bonchev–Trinajstić information content (AvgIpc) is 3.33. The van der Waals surface area contributed by atoms with Crippen LogP contribution in [-0.2, 0) is 5.41 Å². The molecule has 2 aromatic heterocycles. The van der Waals surface area contributed by atoms with Crippen LogP contribution in [0.1, 0.15) is 97.0 Å². The van der Waals surface area contributed by atoms with Crippen molar-refractivity contribution in [3.63, 3.8) is 0 Å². The van der Waals surface area contributed by atoms with Crippen molar-refractivity contribution in [1.82, 2.24) is 20.4 Å². The van der Waals surface area contributed by atoms with E-state index in [0.717, 1.165) is 32.1 Å². The third kappa shape index (κ3) is 8.71. The molecule has 0 spiro atoms. The van der Waals surface area contributed by atoms with Gasteiger partial charge in [0.2, 0.25) is 11.8 Å². The van der Waals surface area contributed by atoms with Crippen molar-refractivity contribution in [3.05, 3.63) is 52.8 Å². The number of hydrogen-bond acceptors (Lipinski definition) is 7. The molecule has 7 nitrogen and oxygen atoms in total. The van der Waals surface area contributed by atoms with Crippen molar-refractivity contribution in [2.75, 3.05) is 13.6 Å². The Morgan fingerprint density at radius 1 is 1.00 bits per heavy atom. The number of ether oxygens (including phenoxy) is 2. The highest BCUT2D eigenvalue weighted by molar-refractivity contribution is 5.58. The fourth-order valence-electron chi connectivity index (χ4n) is 5.36. The van der Waals surface area contributed by atoms with Crippen LogP contribution in [0.2, 0.25) is 0 Å². The van der Waals surface area contributed by atoms with Crippen molar-refractivity contribution in [3.8, 4) is 23.3 Å². The normalized spacial score (nSPS) is 14.8. The van der Waals surface area contributed by atoms with Crippen LogP contribution in [0.5, 0.6) is 11.8 Å². The first kappa shape index (κ1) is 34.4. The standard InChI is InChI=1S/C33H47F3N4O3/c1-9-11-14-24(13-10-2)42-28-18-27(41-22(5)20(3)17-23(34)19-37-8)38-32(39-28)30-21(4)31(43-40-30)33(6,7)29-25(35)15-12-16-26(29)36/h12,15-16,18,20,22-24,37H,9-11,13-14,17,19H2,1-8H3/t20-,22-,23+,24-/m0/s1. The maximum Gasteiger partial charge on any atom is 0.221 e. The Bertz CT molecular complexity index is 1300. The average molecular weight is 605 g/mol. The van der Waals surface area contributed by atoms with E-state index < -0.39 is 23.2 Å². The zero-order valence-electron chi connectivity index (χ0n) is 26.8. The van der Waals surface area contributed by atoms with Gasteiger partial charge < -0.3 is 19.3 Å². The molecule has 2 heterocycles. The Kier molecular flexibility index (Phi) is 12.4. The minimum Gasteiger partial charge on any atom is -0.474 e. The van der Waals surface area contributed by atoms with Crippen LogP contribution in [0.15, 0.2) is 28.8 Å². The number of halogens is 3. The van der Waals surface area contributed by atoms with Gasteiger partial charge in [-0.1, -0.05) is 51.3 Å².